The Hall–Kier alpha value is -2.04. The number of rotatable bonds is 1. The van der Waals surface area contributed by atoms with Gasteiger partial charge in [-0.2, -0.15) is 0 Å². The summed E-state index contributed by atoms with van der Waals surface area (Å²) in [6.07, 6.45) is 5.35. The molecule has 0 bridgehead atoms. The highest BCUT2D eigenvalue weighted by Crippen LogP contribution is 2.12. The largest absolute Gasteiger partial charge is 0.414 e. The number of carbonyl (C=O) groups excluding carboxylic acids is 1. The summed E-state index contributed by atoms with van der Waals surface area (Å²) in [5.74, 6) is 0.542. The van der Waals surface area contributed by atoms with Crippen LogP contribution in [-0.4, -0.2) is 29.5 Å². The van der Waals surface area contributed by atoms with Crippen molar-refractivity contribution in [3.8, 4) is 5.75 Å². The van der Waals surface area contributed by atoms with Crippen LogP contribution in [0.25, 0.3) is 5.65 Å². The molecule has 2 heterocycles. The van der Waals surface area contributed by atoms with Crippen molar-refractivity contribution in [2.24, 2.45) is 7.05 Å². The molecule has 0 fully saturated rings. The zero-order chi connectivity index (χ0) is 11.7. The number of hydrogen-bond acceptors (Lipinski definition) is 2. The van der Waals surface area contributed by atoms with Crippen molar-refractivity contribution in [2.45, 2.75) is 0 Å². The normalized spacial score (nSPS) is 10.4. The highest BCUT2D eigenvalue weighted by atomic mass is 16.6. The summed E-state index contributed by atoms with van der Waals surface area (Å²) in [4.78, 5) is 12.8. The molecule has 5 nitrogen and oxygen atoms in total. The summed E-state index contributed by atoms with van der Waals surface area (Å²) in [5.41, 5.74) is 0.962. The van der Waals surface area contributed by atoms with Gasteiger partial charge in [-0.1, -0.05) is 0 Å². The molecule has 1 amide bonds. The molecule has 0 aliphatic rings. The van der Waals surface area contributed by atoms with Crippen molar-refractivity contribution in [1.29, 1.82) is 0 Å². The Kier molecular flexibility index (Phi) is 2.52. The summed E-state index contributed by atoms with van der Waals surface area (Å²) < 4.78 is 9.07. The van der Waals surface area contributed by atoms with Gasteiger partial charge in [0.05, 0.1) is 19.3 Å². The highest BCUT2D eigenvalue weighted by molar-refractivity contribution is 5.70. The third-order valence-electron chi connectivity index (χ3n) is 2.32. The predicted octanol–water partition coefficient (Wildman–Crippen LogP) is 0.824. The van der Waals surface area contributed by atoms with E-state index in [9.17, 15) is 4.79 Å². The quantitative estimate of drug-likeness (QED) is 0.667. The number of amides is 1. The van der Waals surface area contributed by atoms with Crippen molar-refractivity contribution < 1.29 is 14.1 Å². The Morgan fingerprint density at radius 2 is 2.19 bits per heavy atom. The molecule has 0 aromatic carbocycles. The summed E-state index contributed by atoms with van der Waals surface area (Å²) in [6, 6.07) is 3.58. The summed E-state index contributed by atoms with van der Waals surface area (Å²) in [5, 5.41) is 0. The molecule has 0 saturated carbocycles. The maximum Gasteiger partial charge on any atom is 0.414 e. The van der Waals surface area contributed by atoms with E-state index in [1.807, 2.05) is 40.7 Å². The molecule has 0 N–H and O–H groups in total. The first-order chi connectivity index (χ1) is 7.58. The molecule has 2 aromatic heterocycles. The van der Waals surface area contributed by atoms with E-state index in [4.69, 9.17) is 4.74 Å². The number of carbonyl (C=O) groups is 1. The van der Waals surface area contributed by atoms with Gasteiger partial charge in [0.1, 0.15) is 18.1 Å². The Morgan fingerprint density at radius 3 is 2.88 bits per heavy atom. The lowest BCUT2D eigenvalue weighted by atomic mass is 10.4. The minimum absolute atomic E-state index is 0.376. The van der Waals surface area contributed by atoms with Crippen LogP contribution in [0.4, 0.5) is 4.79 Å². The predicted molar refractivity (Wildman–Crippen MR) is 58.3 cm³/mol. The van der Waals surface area contributed by atoms with E-state index in [-0.39, 0.29) is 6.09 Å². The van der Waals surface area contributed by atoms with Gasteiger partial charge in [-0.15, -0.1) is 0 Å². The van der Waals surface area contributed by atoms with Crippen LogP contribution in [0.3, 0.4) is 0 Å². The number of hydrogen-bond donors (Lipinski definition) is 0. The van der Waals surface area contributed by atoms with Gasteiger partial charge in [-0.05, 0) is 0 Å². The van der Waals surface area contributed by atoms with Crippen molar-refractivity contribution in [1.82, 2.24) is 9.30 Å². The fraction of sp³-hybridized carbons (Fsp3) is 0.273. The lowest BCUT2D eigenvalue weighted by Crippen LogP contribution is -2.27. The van der Waals surface area contributed by atoms with Crippen LogP contribution in [0.15, 0.2) is 30.7 Å². The summed E-state index contributed by atoms with van der Waals surface area (Å²) in [6.45, 7) is 0. The van der Waals surface area contributed by atoms with E-state index in [1.54, 1.807) is 20.2 Å². The molecule has 0 unspecified atom stereocenters. The van der Waals surface area contributed by atoms with Gasteiger partial charge in [-0.3, -0.25) is 0 Å². The topological polar surface area (TPSA) is 37.8 Å². The van der Waals surface area contributed by atoms with Crippen LogP contribution in [-0.2, 0) is 7.05 Å². The smallest absolute Gasteiger partial charge is 0.410 e. The van der Waals surface area contributed by atoms with Gasteiger partial charge in [-0.25, -0.2) is 13.8 Å². The van der Waals surface area contributed by atoms with Crippen molar-refractivity contribution in [3.05, 3.63) is 30.7 Å². The van der Waals surface area contributed by atoms with Crippen LogP contribution in [0.1, 0.15) is 0 Å². The lowest BCUT2D eigenvalue weighted by molar-refractivity contribution is -0.644. The standard InChI is InChI=1S/C11H14N3O2/c1-12(2)11(15)16-9-4-5-14-7-6-13(3)10(14)8-9/h4-8H,1-3H3/q+1. The lowest BCUT2D eigenvalue weighted by Gasteiger charge is -2.09. The molecule has 0 spiro atoms. The third kappa shape index (κ3) is 1.84. The molecule has 16 heavy (non-hydrogen) atoms. The molecule has 0 aliphatic carbocycles. The minimum atomic E-state index is -0.376. The molecule has 2 rings (SSSR count). The fourth-order valence-electron chi connectivity index (χ4n) is 1.39. The van der Waals surface area contributed by atoms with E-state index < -0.39 is 0 Å². The van der Waals surface area contributed by atoms with Crippen molar-refractivity contribution in [3.63, 3.8) is 0 Å². The first-order valence-electron chi connectivity index (χ1n) is 4.93. The van der Waals surface area contributed by atoms with Gasteiger partial charge < -0.3 is 9.64 Å². The van der Waals surface area contributed by atoms with Crippen LogP contribution in [0, 0.1) is 0 Å². The van der Waals surface area contributed by atoms with Crippen LogP contribution in [0.5, 0.6) is 5.75 Å². The molecule has 2 aromatic rings. The van der Waals surface area contributed by atoms with Crippen molar-refractivity contribution in [2.75, 3.05) is 14.1 Å². The van der Waals surface area contributed by atoms with Crippen LogP contribution in [0.2, 0.25) is 0 Å². The average Bonchev–Trinajstić information content (AvgIpc) is 2.60. The molecule has 0 saturated heterocycles. The molecule has 84 valence electrons. The fourth-order valence-corrected chi connectivity index (χ4v) is 1.39. The number of fused-ring (bicyclic) bond motifs is 1. The van der Waals surface area contributed by atoms with Crippen molar-refractivity contribution >= 4 is 11.7 Å². The van der Waals surface area contributed by atoms with Crippen LogP contribution >= 0.6 is 0 Å². The number of aromatic nitrogens is 2. The summed E-state index contributed by atoms with van der Waals surface area (Å²) in [7, 11) is 5.24. The number of nitrogens with zero attached hydrogens (tertiary/aromatic N) is 3. The van der Waals surface area contributed by atoms with E-state index in [2.05, 4.69) is 0 Å². The van der Waals surface area contributed by atoms with Gasteiger partial charge in [0.25, 0.3) is 5.65 Å². The van der Waals surface area contributed by atoms with Gasteiger partial charge in [0, 0.05) is 20.2 Å². The Morgan fingerprint density at radius 1 is 1.44 bits per heavy atom. The van der Waals surface area contributed by atoms with E-state index in [0.717, 1.165) is 5.65 Å². The number of pyridine rings is 1. The molecule has 0 atom stereocenters. The van der Waals surface area contributed by atoms with Gasteiger partial charge in [0.15, 0.2) is 0 Å². The van der Waals surface area contributed by atoms with E-state index in [1.165, 1.54) is 4.90 Å². The van der Waals surface area contributed by atoms with E-state index in [0.29, 0.717) is 5.75 Å². The molecule has 0 aliphatic heterocycles. The maximum atomic E-state index is 11.4. The summed E-state index contributed by atoms with van der Waals surface area (Å²) >= 11 is 0. The van der Waals surface area contributed by atoms with E-state index >= 15 is 0 Å². The second-order valence-corrected chi connectivity index (χ2v) is 3.80. The SMILES string of the molecule is CN(C)C(=O)Oc1ccn2cc[n+](C)c2c1. The Balaban J connectivity index is 2.32. The average molecular weight is 220 g/mol. The molecular weight excluding hydrogens is 206 g/mol. The van der Waals surface area contributed by atoms with Gasteiger partial charge in [0.2, 0.25) is 0 Å². The molecule has 0 radical (unpaired) electrons. The first kappa shape index (κ1) is 10.5. The minimum Gasteiger partial charge on any atom is -0.410 e. The van der Waals surface area contributed by atoms with Gasteiger partial charge >= 0.3 is 6.09 Å². The molecular formula is C11H14N3O2+. The second kappa shape index (κ2) is 3.84. The monoisotopic (exact) mass is 220 g/mol. The number of aryl methyl sites for hydroxylation is 1. The molecule has 5 heteroatoms. The highest BCUT2D eigenvalue weighted by Gasteiger charge is 2.11. The maximum absolute atomic E-state index is 11.4. The number of ether oxygens (including phenoxy) is 1. The number of imidazole rings is 1. The Bertz CT molecular complexity index is 531. The van der Waals surface area contributed by atoms with Crippen LogP contribution < -0.4 is 9.30 Å². The third-order valence-corrected chi connectivity index (χ3v) is 2.32. The zero-order valence-electron chi connectivity index (χ0n) is 9.54. The Labute approximate surface area is 93.5 Å². The first-order valence-corrected chi connectivity index (χ1v) is 4.93. The zero-order valence-corrected chi connectivity index (χ0v) is 9.54. The second-order valence-electron chi connectivity index (χ2n) is 3.80.